The summed E-state index contributed by atoms with van der Waals surface area (Å²) in [7, 11) is 0. The van der Waals surface area contributed by atoms with Crippen LogP contribution >= 0.6 is 0 Å². The molecule has 0 fully saturated rings. The molecular formula is C19H20N2O2. The van der Waals surface area contributed by atoms with E-state index in [9.17, 15) is 4.79 Å². The van der Waals surface area contributed by atoms with Crippen LogP contribution in [0.25, 0.3) is 11.1 Å². The Morgan fingerprint density at radius 2 is 1.70 bits per heavy atom. The zero-order valence-corrected chi connectivity index (χ0v) is 13.6. The number of nitrogens with one attached hydrogen (secondary N) is 1. The highest BCUT2D eigenvalue weighted by atomic mass is 16.6. The van der Waals surface area contributed by atoms with Crippen molar-refractivity contribution in [3.05, 3.63) is 54.1 Å². The molecule has 2 aromatic rings. The maximum atomic E-state index is 12.0. The quantitative estimate of drug-likeness (QED) is 0.888. The maximum Gasteiger partial charge on any atom is 0.412 e. The van der Waals surface area contributed by atoms with Gasteiger partial charge < -0.3 is 4.74 Å². The van der Waals surface area contributed by atoms with Crippen molar-refractivity contribution in [2.24, 2.45) is 0 Å². The van der Waals surface area contributed by atoms with E-state index in [-0.39, 0.29) is 0 Å². The molecular weight excluding hydrogens is 288 g/mol. The molecule has 0 bridgehead atoms. The van der Waals surface area contributed by atoms with Gasteiger partial charge in [-0.3, -0.25) is 5.32 Å². The molecule has 0 atom stereocenters. The normalized spacial score (nSPS) is 10.7. The average molecular weight is 308 g/mol. The predicted octanol–water partition coefficient (Wildman–Crippen LogP) is 4.77. The highest BCUT2D eigenvalue weighted by molar-refractivity contribution is 5.92. The molecule has 118 valence electrons. The standard InChI is InChI=1S/C19H20N2O2/c1-19(2,3)23-18(22)21-17-11-7-6-10-16(17)15-9-5-4-8-14(15)12-13-20/h4-11H,12H2,1-3H3,(H,21,22). The van der Waals surface area contributed by atoms with Crippen molar-refractivity contribution >= 4 is 11.8 Å². The number of nitriles is 1. The number of carbonyl (C=O) groups is 1. The van der Waals surface area contributed by atoms with E-state index in [4.69, 9.17) is 10.00 Å². The van der Waals surface area contributed by atoms with Gasteiger partial charge in [-0.2, -0.15) is 5.26 Å². The molecule has 0 aliphatic carbocycles. The van der Waals surface area contributed by atoms with Crippen LogP contribution in [0.3, 0.4) is 0 Å². The summed E-state index contributed by atoms with van der Waals surface area (Å²) >= 11 is 0. The van der Waals surface area contributed by atoms with E-state index < -0.39 is 11.7 Å². The summed E-state index contributed by atoms with van der Waals surface area (Å²) in [4.78, 5) is 12.0. The van der Waals surface area contributed by atoms with Gasteiger partial charge in [0.2, 0.25) is 0 Å². The molecule has 0 radical (unpaired) electrons. The minimum Gasteiger partial charge on any atom is -0.444 e. The molecule has 0 aliphatic rings. The van der Waals surface area contributed by atoms with Gasteiger partial charge in [-0.05, 0) is 38.0 Å². The number of para-hydroxylation sites is 1. The van der Waals surface area contributed by atoms with Crippen molar-refractivity contribution in [2.75, 3.05) is 5.32 Å². The summed E-state index contributed by atoms with van der Waals surface area (Å²) in [5.74, 6) is 0. The third-order valence-electron chi connectivity index (χ3n) is 3.14. The number of nitrogens with zero attached hydrogens (tertiary/aromatic N) is 1. The maximum absolute atomic E-state index is 12.0. The van der Waals surface area contributed by atoms with Crippen LogP contribution in [0.1, 0.15) is 26.3 Å². The fourth-order valence-corrected chi connectivity index (χ4v) is 2.26. The molecule has 4 nitrogen and oxygen atoms in total. The number of benzene rings is 2. The van der Waals surface area contributed by atoms with Crippen LogP contribution in [0.2, 0.25) is 0 Å². The number of amides is 1. The Kier molecular flexibility index (Phi) is 5.02. The lowest BCUT2D eigenvalue weighted by atomic mass is 9.97. The van der Waals surface area contributed by atoms with Gasteiger partial charge in [-0.25, -0.2) is 4.79 Å². The van der Waals surface area contributed by atoms with Crippen molar-refractivity contribution < 1.29 is 9.53 Å². The van der Waals surface area contributed by atoms with E-state index in [0.717, 1.165) is 16.7 Å². The molecule has 0 saturated carbocycles. The Bertz CT molecular complexity index is 740. The summed E-state index contributed by atoms with van der Waals surface area (Å²) in [5, 5.41) is 11.8. The third kappa shape index (κ3) is 4.58. The van der Waals surface area contributed by atoms with E-state index in [0.29, 0.717) is 12.1 Å². The minimum absolute atomic E-state index is 0.316. The number of hydrogen-bond acceptors (Lipinski definition) is 3. The Morgan fingerprint density at radius 1 is 1.09 bits per heavy atom. The summed E-state index contributed by atoms with van der Waals surface area (Å²) in [6, 6.07) is 17.4. The zero-order valence-electron chi connectivity index (χ0n) is 13.6. The summed E-state index contributed by atoms with van der Waals surface area (Å²) in [6.45, 7) is 5.46. The topological polar surface area (TPSA) is 62.1 Å². The molecule has 0 aromatic heterocycles. The summed E-state index contributed by atoms with van der Waals surface area (Å²) in [6.07, 6.45) is -0.181. The molecule has 4 heteroatoms. The van der Waals surface area contributed by atoms with Gasteiger partial charge in [0.15, 0.2) is 0 Å². The van der Waals surface area contributed by atoms with Crippen molar-refractivity contribution in [1.82, 2.24) is 0 Å². The van der Waals surface area contributed by atoms with Crippen molar-refractivity contribution in [2.45, 2.75) is 32.8 Å². The van der Waals surface area contributed by atoms with E-state index in [1.807, 2.05) is 69.3 Å². The Balaban J connectivity index is 2.36. The first kappa shape index (κ1) is 16.6. The highest BCUT2D eigenvalue weighted by Crippen LogP contribution is 2.31. The first-order chi connectivity index (χ1) is 10.9. The lowest BCUT2D eigenvalue weighted by molar-refractivity contribution is 0.0636. The summed E-state index contributed by atoms with van der Waals surface area (Å²) < 4.78 is 5.31. The Labute approximate surface area is 136 Å². The molecule has 0 unspecified atom stereocenters. The van der Waals surface area contributed by atoms with Crippen LogP contribution in [-0.2, 0) is 11.2 Å². The largest absolute Gasteiger partial charge is 0.444 e. The van der Waals surface area contributed by atoms with Crippen LogP contribution in [0.4, 0.5) is 10.5 Å². The molecule has 1 N–H and O–H groups in total. The van der Waals surface area contributed by atoms with Crippen molar-refractivity contribution in [3.8, 4) is 17.2 Å². The lowest BCUT2D eigenvalue weighted by Gasteiger charge is -2.20. The average Bonchev–Trinajstić information content (AvgIpc) is 2.47. The molecule has 2 aromatic carbocycles. The second-order valence-corrected chi connectivity index (χ2v) is 6.16. The van der Waals surface area contributed by atoms with Crippen molar-refractivity contribution in [3.63, 3.8) is 0 Å². The molecule has 2 rings (SSSR count). The first-order valence-electron chi connectivity index (χ1n) is 7.45. The second-order valence-electron chi connectivity index (χ2n) is 6.16. The van der Waals surface area contributed by atoms with Gasteiger partial charge in [-0.15, -0.1) is 0 Å². The zero-order chi connectivity index (χ0) is 16.9. The van der Waals surface area contributed by atoms with Gasteiger partial charge in [0, 0.05) is 5.56 Å². The van der Waals surface area contributed by atoms with E-state index in [1.165, 1.54) is 0 Å². The van der Waals surface area contributed by atoms with Crippen LogP contribution in [-0.4, -0.2) is 11.7 Å². The SMILES string of the molecule is CC(C)(C)OC(=O)Nc1ccccc1-c1ccccc1CC#N. The Morgan fingerprint density at radius 3 is 2.35 bits per heavy atom. The van der Waals surface area contributed by atoms with Crippen LogP contribution in [0.15, 0.2) is 48.5 Å². The molecule has 0 aliphatic heterocycles. The van der Waals surface area contributed by atoms with Gasteiger partial charge in [0.1, 0.15) is 5.60 Å². The highest BCUT2D eigenvalue weighted by Gasteiger charge is 2.18. The number of rotatable bonds is 3. The van der Waals surface area contributed by atoms with Crippen LogP contribution < -0.4 is 5.32 Å². The van der Waals surface area contributed by atoms with Gasteiger partial charge in [0.05, 0.1) is 18.2 Å². The van der Waals surface area contributed by atoms with Gasteiger partial charge in [0.25, 0.3) is 0 Å². The van der Waals surface area contributed by atoms with Crippen LogP contribution in [0, 0.1) is 11.3 Å². The molecule has 0 heterocycles. The fraction of sp³-hybridized carbons (Fsp3) is 0.263. The van der Waals surface area contributed by atoms with E-state index in [1.54, 1.807) is 0 Å². The predicted molar refractivity (Wildman–Crippen MR) is 91.1 cm³/mol. The minimum atomic E-state index is -0.558. The van der Waals surface area contributed by atoms with E-state index >= 15 is 0 Å². The number of hydrogen-bond donors (Lipinski definition) is 1. The molecule has 0 saturated heterocycles. The Hall–Kier alpha value is -2.80. The van der Waals surface area contributed by atoms with E-state index in [2.05, 4.69) is 11.4 Å². The fourth-order valence-electron chi connectivity index (χ4n) is 2.26. The van der Waals surface area contributed by atoms with Crippen LogP contribution in [0.5, 0.6) is 0 Å². The molecule has 23 heavy (non-hydrogen) atoms. The van der Waals surface area contributed by atoms with Gasteiger partial charge >= 0.3 is 6.09 Å². The molecule has 0 spiro atoms. The number of ether oxygens (including phenoxy) is 1. The first-order valence-corrected chi connectivity index (χ1v) is 7.45. The smallest absolute Gasteiger partial charge is 0.412 e. The number of anilines is 1. The second kappa shape index (κ2) is 6.97. The summed E-state index contributed by atoms with van der Waals surface area (Å²) in [5.41, 5.74) is 2.82. The monoisotopic (exact) mass is 308 g/mol. The lowest BCUT2D eigenvalue weighted by Crippen LogP contribution is -2.27. The number of carbonyl (C=O) groups excluding carboxylic acids is 1. The van der Waals surface area contributed by atoms with Gasteiger partial charge in [-0.1, -0.05) is 42.5 Å². The molecule has 1 amide bonds. The van der Waals surface area contributed by atoms with Crippen molar-refractivity contribution in [1.29, 1.82) is 5.26 Å². The third-order valence-corrected chi connectivity index (χ3v) is 3.14.